The van der Waals surface area contributed by atoms with Crippen LogP contribution >= 0.6 is 11.6 Å². The van der Waals surface area contributed by atoms with E-state index in [0.717, 1.165) is 0 Å². The van der Waals surface area contributed by atoms with Gasteiger partial charge in [-0.3, -0.25) is 4.79 Å². The van der Waals surface area contributed by atoms with E-state index < -0.39 is 11.3 Å². The molecule has 19 heavy (non-hydrogen) atoms. The summed E-state index contributed by atoms with van der Waals surface area (Å²) in [6.45, 7) is 0. The number of nitriles is 1. The van der Waals surface area contributed by atoms with Crippen molar-refractivity contribution in [3.05, 3.63) is 65.7 Å². The van der Waals surface area contributed by atoms with Gasteiger partial charge >= 0.3 is 0 Å². The van der Waals surface area contributed by atoms with E-state index in [4.69, 9.17) is 21.6 Å². The largest absolute Gasteiger partial charge is 0.477 e. The highest BCUT2D eigenvalue weighted by Gasteiger charge is 2.20. The fourth-order valence-corrected chi connectivity index (χ4v) is 1.79. The van der Waals surface area contributed by atoms with Crippen molar-refractivity contribution in [2.24, 2.45) is 0 Å². The van der Waals surface area contributed by atoms with Crippen molar-refractivity contribution in [2.75, 3.05) is 0 Å². The zero-order chi connectivity index (χ0) is 13.7. The minimum absolute atomic E-state index is 0.488. The Bertz CT molecular complexity index is 602. The highest BCUT2D eigenvalue weighted by atomic mass is 35.5. The molecule has 0 N–H and O–H groups in total. The van der Waals surface area contributed by atoms with Gasteiger partial charge in [0.05, 0.1) is 11.6 Å². The van der Waals surface area contributed by atoms with Crippen molar-refractivity contribution in [2.45, 2.75) is 6.10 Å². The maximum absolute atomic E-state index is 11.5. The molecule has 94 valence electrons. The second-order valence-electron chi connectivity index (χ2n) is 3.85. The summed E-state index contributed by atoms with van der Waals surface area (Å²) in [6, 6.07) is 17.5. The lowest BCUT2D eigenvalue weighted by atomic mass is 10.1. The first-order valence-electron chi connectivity index (χ1n) is 5.62. The van der Waals surface area contributed by atoms with E-state index in [9.17, 15) is 4.79 Å². The topological polar surface area (TPSA) is 50.1 Å². The number of carbonyl (C=O) groups is 1. The van der Waals surface area contributed by atoms with Gasteiger partial charge < -0.3 is 4.74 Å². The average molecular weight is 272 g/mol. The zero-order valence-corrected chi connectivity index (χ0v) is 10.7. The van der Waals surface area contributed by atoms with Crippen molar-refractivity contribution in [1.29, 1.82) is 5.26 Å². The van der Waals surface area contributed by atoms with Crippen LogP contribution in [0.1, 0.15) is 17.2 Å². The molecular weight excluding hydrogens is 262 g/mol. The van der Waals surface area contributed by atoms with Gasteiger partial charge in [-0.05, 0) is 35.9 Å². The Morgan fingerprint density at radius 2 is 1.74 bits per heavy atom. The first kappa shape index (κ1) is 13.1. The predicted molar refractivity (Wildman–Crippen MR) is 71.8 cm³/mol. The van der Waals surface area contributed by atoms with E-state index in [0.29, 0.717) is 16.9 Å². The third-order valence-electron chi connectivity index (χ3n) is 2.55. The van der Waals surface area contributed by atoms with E-state index >= 15 is 0 Å². The van der Waals surface area contributed by atoms with Gasteiger partial charge in [-0.2, -0.15) is 5.26 Å². The van der Waals surface area contributed by atoms with Crippen LogP contribution < -0.4 is 4.74 Å². The fraction of sp³-hybridized carbons (Fsp3) is 0.0667. The second kappa shape index (κ2) is 6.03. The third-order valence-corrected chi connectivity index (χ3v) is 2.74. The lowest BCUT2D eigenvalue weighted by Gasteiger charge is -2.15. The van der Waals surface area contributed by atoms with E-state index in [1.807, 2.05) is 24.3 Å². The number of hydrogen-bond donors (Lipinski definition) is 0. The SMILES string of the molecule is N#Cc1ccc(OC(C(=O)Cl)c2ccccc2)cc1. The maximum atomic E-state index is 11.5. The monoisotopic (exact) mass is 271 g/mol. The maximum Gasteiger partial charge on any atom is 0.267 e. The molecule has 2 aromatic rings. The summed E-state index contributed by atoms with van der Waals surface area (Å²) >= 11 is 5.57. The molecule has 2 rings (SSSR count). The average Bonchev–Trinajstić information content (AvgIpc) is 2.46. The Morgan fingerprint density at radius 3 is 2.26 bits per heavy atom. The summed E-state index contributed by atoms with van der Waals surface area (Å²) < 4.78 is 5.57. The molecule has 0 aromatic heterocycles. The van der Waals surface area contributed by atoms with Gasteiger partial charge in [0, 0.05) is 5.56 Å². The Morgan fingerprint density at radius 1 is 1.11 bits per heavy atom. The summed E-state index contributed by atoms with van der Waals surface area (Å²) in [7, 11) is 0. The molecule has 1 unspecified atom stereocenters. The minimum Gasteiger partial charge on any atom is -0.477 e. The van der Waals surface area contributed by atoms with Gasteiger partial charge in [0.25, 0.3) is 5.24 Å². The van der Waals surface area contributed by atoms with Crippen LogP contribution in [0.5, 0.6) is 5.75 Å². The van der Waals surface area contributed by atoms with Crippen LogP contribution in [0, 0.1) is 11.3 Å². The molecular formula is C15H10ClNO2. The highest BCUT2D eigenvalue weighted by molar-refractivity contribution is 6.64. The molecule has 0 radical (unpaired) electrons. The Labute approximate surface area is 116 Å². The van der Waals surface area contributed by atoms with Crippen LogP contribution in [-0.2, 0) is 4.79 Å². The lowest BCUT2D eigenvalue weighted by Crippen LogP contribution is -2.14. The van der Waals surface area contributed by atoms with Crippen LogP contribution in [0.4, 0.5) is 0 Å². The number of nitrogens with zero attached hydrogens (tertiary/aromatic N) is 1. The summed E-state index contributed by atoms with van der Waals surface area (Å²) in [5.41, 5.74) is 1.22. The van der Waals surface area contributed by atoms with Crippen LogP contribution in [-0.4, -0.2) is 5.24 Å². The van der Waals surface area contributed by atoms with Crippen LogP contribution in [0.2, 0.25) is 0 Å². The van der Waals surface area contributed by atoms with Crippen molar-refractivity contribution in [1.82, 2.24) is 0 Å². The number of hydrogen-bond acceptors (Lipinski definition) is 3. The van der Waals surface area contributed by atoms with Gasteiger partial charge in [-0.1, -0.05) is 30.3 Å². The van der Waals surface area contributed by atoms with Gasteiger partial charge in [-0.15, -0.1) is 0 Å². The lowest BCUT2D eigenvalue weighted by molar-refractivity contribution is -0.118. The summed E-state index contributed by atoms with van der Waals surface area (Å²) in [5, 5.41) is 8.12. The van der Waals surface area contributed by atoms with Crippen molar-refractivity contribution in [3.63, 3.8) is 0 Å². The fourth-order valence-electron chi connectivity index (χ4n) is 1.62. The molecule has 0 heterocycles. The summed E-state index contributed by atoms with van der Waals surface area (Å²) in [5.74, 6) is 0.488. The quantitative estimate of drug-likeness (QED) is 0.801. The highest BCUT2D eigenvalue weighted by Crippen LogP contribution is 2.24. The van der Waals surface area contributed by atoms with E-state index in [2.05, 4.69) is 0 Å². The molecule has 1 atom stereocenters. The Balaban J connectivity index is 2.22. The number of ether oxygens (including phenoxy) is 1. The van der Waals surface area contributed by atoms with Gasteiger partial charge in [0.15, 0.2) is 6.10 Å². The molecule has 0 saturated carbocycles. The van der Waals surface area contributed by atoms with Gasteiger partial charge in [0.1, 0.15) is 5.75 Å². The first-order valence-corrected chi connectivity index (χ1v) is 5.99. The van der Waals surface area contributed by atoms with E-state index in [1.165, 1.54) is 0 Å². The molecule has 0 bridgehead atoms. The number of halogens is 1. The molecule has 2 aromatic carbocycles. The van der Waals surface area contributed by atoms with E-state index in [1.54, 1.807) is 36.4 Å². The van der Waals surface area contributed by atoms with Crippen molar-refractivity contribution < 1.29 is 9.53 Å². The molecule has 0 aliphatic rings. The molecule has 3 nitrogen and oxygen atoms in total. The molecule has 0 amide bonds. The molecule has 0 saturated heterocycles. The molecule has 0 aliphatic carbocycles. The predicted octanol–water partition coefficient (Wildman–Crippen LogP) is 3.44. The first-order chi connectivity index (χ1) is 9.20. The second-order valence-corrected chi connectivity index (χ2v) is 4.22. The molecule has 4 heteroatoms. The number of rotatable bonds is 4. The molecule has 0 spiro atoms. The zero-order valence-electron chi connectivity index (χ0n) is 9.92. The third kappa shape index (κ3) is 3.34. The number of benzene rings is 2. The molecule has 0 fully saturated rings. The van der Waals surface area contributed by atoms with Gasteiger partial charge in [-0.25, -0.2) is 0 Å². The van der Waals surface area contributed by atoms with Crippen LogP contribution in [0.3, 0.4) is 0 Å². The molecule has 0 aliphatic heterocycles. The summed E-state index contributed by atoms with van der Waals surface area (Å²) in [4.78, 5) is 11.5. The van der Waals surface area contributed by atoms with Crippen molar-refractivity contribution >= 4 is 16.8 Å². The van der Waals surface area contributed by atoms with Gasteiger partial charge in [0.2, 0.25) is 0 Å². The van der Waals surface area contributed by atoms with Crippen LogP contribution in [0.15, 0.2) is 54.6 Å². The Kier molecular flexibility index (Phi) is 4.17. The minimum atomic E-state index is -0.851. The summed E-state index contributed by atoms with van der Waals surface area (Å²) in [6.07, 6.45) is -0.851. The van der Waals surface area contributed by atoms with Crippen molar-refractivity contribution in [3.8, 4) is 11.8 Å². The standard InChI is InChI=1S/C15H10ClNO2/c16-15(18)14(12-4-2-1-3-5-12)19-13-8-6-11(10-17)7-9-13/h1-9,14H. The number of carbonyl (C=O) groups excluding carboxylic acids is 1. The smallest absolute Gasteiger partial charge is 0.267 e. The van der Waals surface area contributed by atoms with E-state index in [-0.39, 0.29) is 0 Å². The normalized spacial score (nSPS) is 11.4. The van der Waals surface area contributed by atoms with Crippen LogP contribution in [0.25, 0.3) is 0 Å². The Hall–Kier alpha value is -2.31.